The van der Waals surface area contributed by atoms with Gasteiger partial charge in [0.1, 0.15) is 11.7 Å². The van der Waals surface area contributed by atoms with Crippen LogP contribution in [-0.2, 0) is 16.6 Å². The van der Waals surface area contributed by atoms with E-state index in [4.69, 9.17) is 14.2 Å². The number of hydrogen-bond donors (Lipinski definition) is 1. The van der Waals surface area contributed by atoms with Gasteiger partial charge in [0.25, 0.3) is 0 Å². The third-order valence-electron chi connectivity index (χ3n) is 9.89. The molecule has 5 heteroatoms. The fourth-order valence-electron chi connectivity index (χ4n) is 8.91. The Morgan fingerprint density at radius 2 is 2.10 bits per heavy atom. The molecule has 0 unspecified atom stereocenters. The molecule has 0 amide bonds. The summed E-state index contributed by atoms with van der Waals surface area (Å²) in [6, 6.07) is 4.76. The Kier molecular flexibility index (Phi) is 3.93. The Bertz CT molecular complexity index is 953. The highest BCUT2D eigenvalue weighted by Gasteiger charge is 2.81. The first-order valence-electron chi connectivity index (χ1n) is 11.8. The fourth-order valence-corrected chi connectivity index (χ4v) is 8.91. The van der Waals surface area contributed by atoms with E-state index in [0.29, 0.717) is 6.04 Å². The molecule has 2 spiro atoms. The van der Waals surface area contributed by atoms with Crippen LogP contribution in [0.2, 0.25) is 0 Å². The number of ether oxygens (including phenoxy) is 3. The third kappa shape index (κ3) is 2.05. The second-order valence-corrected chi connectivity index (χ2v) is 11.1. The van der Waals surface area contributed by atoms with E-state index in [9.17, 15) is 5.11 Å². The fraction of sp³-hybridized carbons (Fsp3) is 0.692. The van der Waals surface area contributed by atoms with E-state index in [1.54, 1.807) is 7.11 Å². The van der Waals surface area contributed by atoms with Gasteiger partial charge in [-0.25, -0.2) is 0 Å². The first-order valence-corrected chi connectivity index (χ1v) is 11.8. The van der Waals surface area contributed by atoms with Crippen molar-refractivity contribution in [3.05, 3.63) is 35.9 Å². The molecule has 6 atom stereocenters. The van der Waals surface area contributed by atoms with Crippen LogP contribution in [0.25, 0.3) is 0 Å². The van der Waals surface area contributed by atoms with Crippen molar-refractivity contribution < 1.29 is 19.3 Å². The standard InChI is InChI=1S/C26H35NO4/c1-6-12-27-13-11-25-20-16-7-8-17(29-4)21(20)31-22(25)26(30-5)10-9-24(25,19(27)14-16)15-18(26)23(2,3)28/h6-8,18-19,22,28H,1,9-15H2,2-5H3/t18-,19+,22+,24+,25-,26+/m0/s1. The summed E-state index contributed by atoms with van der Waals surface area (Å²) in [5.74, 6) is 1.78. The van der Waals surface area contributed by atoms with Gasteiger partial charge >= 0.3 is 0 Å². The monoisotopic (exact) mass is 425 g/mol. The van der Waals surface area contributed by atoms with Crippen LogP contribution in [0.15, 0.2) is 24.8 Å². The van der Waals surface area contributed by atoms with Gasteiger partial charge in [0.05, 0.1) is 12.7 Å². The number of rotatable bonds is 5. The maximum Gasteiger partial charge on any atom is 0.165 e. The highest BCUT2D eigenvalue weighted by molar-refractivity contribution is 5.63. The van der Waals surface area contributed by atoms with Crippen molar-refractivity contribution >= 4 is 0 Å². The lowest BCUT2D eigenvalue weighted by Crippen LogP contribution is -2.82. The zero-order valence-electron chi connectivity index (χ0n) is 19.2. The van der Waals surface area contributed by atoms with Crippen LogP contribution in [0.3, 0.4) is 0 Å². The molecule has 5 nitrogen and oxygen atoms in total. The second kappa shape index (κ2) is 6.06. The smallest absolute Gasteiger partial charge is 0.165 e. The predicted octanol–water partition coefficient (Wildman–Crippen LogP) is 3.47. The van der Waals surface area contributed by atoms with E-state index in [1.165, 1.54) is 11.1 Å². The van der Waals surface area contributed by atoms with Crippen LogP contribution in [0, 0.1) is 11.3 Å². The summed E-state index contributed by atoms with van der Waals surface area (Å²) in [7, 11) is 3.56. The molecule has 1 aromatic carbocycles. The number of fused-ring (bicyclic) bond motifs is 2. The van der Waals surface area contributed by atoms with Crippen molar-refractivity contribution in [3.8, 4) is 11.5 Å². The lowest BCUT2D eigenvalue weighted by molar-refractivity contribution is -0.299. The summed E-state index contributed by atoms with van der Waals surface area (Å²) >= 11 is 0. The minimum absolute atomic E-state index is 0.0184. The van der Waals surface area contributed by atoms with Crippen molar-refractivity contribution in [2.45, 2.75) is 74.7 Å². The minimum Gasteiger partial charge on any atom is -0.493 e. The van der Waals surface area contributed by atoms with E-state index in [-0.39, 0.29) is 22.9 Å². The molecule has 4 aliphatic carbocycles. The number of likely N-dealkylation sites (tertiary alicyclic amines) is 1. The predicted molar refractivity (Wildman–Crippen MR) is 119 cm³/mol. The molecule has 2 aliphatic heterocycles. The van der Waals surface area contributed by atoms with Crippen LogP contribution in [0.4, 0.5) is 0 Å². The zero-order chi connectivity index (χ0) is 21.8. The quantitative estimate of drug-likeness (QED) is 0.732. The summed E-state index contributed by atoms with van der Waals surface area (Å²) in [4.78, 5) is 2.65. The Balaban J connectivity index is 1.65. The van der Waals surface area contributed by atoms with E-state index >= 15 is 0 Å². The molecular formula is C26H35NO4. The van der Waals surface area contributed by atoms with Gasteiger partial charge in [-0.05, 0) is 64.1 Å². The summed E-state index contributed by atoms with van der Waals surface area (Å²) in [5.41, 5.74) is 1.44. The number of hydrogen-bond acceptors (Lipinski definition) is 5. The van der Waals surface area contributed by atoms with E-state index in [0.717, 1.165) is 56.7 Å². The van der Waals surface area contributed by atoms with E-state index < -0.39 is 11.2 Å². The van der Waals surface area contributed by atoms with Gasteiger partial charge in [-0.15, -0.1) is 6.58 Å². The summed E-state index contributed by atoms with van der Waals surface area (Å²) in [5, 5.41) is 11.4. The summed E-state index contributed by atoms with van der Waals surface area (Å²) < 4.78 is 19.2. The van der Waals surface area contributed by atoms with Crippen LogP contribution < -0.4 is 9.47 Å². The lowest BCUT2D eigenvalue weighted by Gasteiger charge is -2.74. The van der Waals surface area contributed by atoms with Gasteiger partial charge in [-0.3, -0.25) is 4.90 Å². The lowest BCUT2D eigenvalue weighted by atomic mass is 9.34. The van der Waals surface area contributed by atoms with Crippen molar-refractivity contribution in [1.29, 1.82) is 0 Å². The van der Waals surface area contributed by atoms with Crippen molar-refractivity contribution in [2.75, 3.05) is 27.3 Å². The van der Waals surface area contributed by atoms with Gasteiger partial charge < -0.3 is 19.3 Å². The van der Waals surface area contributed by atoms with Crippen LogP contribution in [0.5, 0.6) is 11.5 Å². The number of piperidine rings is 1. The van der Waals surface area contributed by atoms with Gasteiger partial charge in [0, 0.05) is 42.0 Å². The Labute approximate surface area is 185 Å². The summed E-state index contributed by atoms with van der Waals surface area (Å²) in [6.07, 6.45) is 7.04. The summed E-state index contributed by atoms with van der Waals surface area (Å²) in [6.45, 7) is 9.91. The van der Waals surface area contributed by atoms with Gasteiger partial charge in [0.15, 0.2) is 11.5 Å². The zero-order valence-corrected chi connectivity index (χ0v) is 19.2. The molecule has 1 saturated heterocycles. The SMILES string of the molecule is C=CCN1CC[C@]23c4c5ccc(OC)c4O[C@H]2[C@@]2(OC)CC[C@@]3(C[C@H]2C(C)(C)O)[C@H]1C5. The van der Waals surface area contributed by atoms with Gasteiger partial charge in [0.2, 0.25) is 0 Å². The topological polar surface area (TPSA) is 51.2 Å². The number of aliphatic hydroxyl groups is 1. The maximum absolute atomic E-state index is 11.4. The molecule has 7 rings (SSSR count). The molecule has 31 heavy (non-hydrogen) atoms. The minimum atomic E-state index is -0.842. The number of methoxy groups -OCH3 is 2. The highest BCUT2D eigenvalue weighted by atomic mass is 16.6. The number of nitrogens with zero attached hydrogens (tertiary/aromatic N) is 1. The molecule has 0 radical (unpaired) electrons. The molecular weight excluding hydrogens is 390 g/mol. The van der Waals surface area contributed by atoms with E-state index in [2.05, 4.69) is 23.6 Å². The molecule has 3 saturated carbocycles. The van der Waals surface area contributed by atoms with Gasteiger partial charge in [-0.2, -0.15) is 0 Å². The molecule has 4 bridgehead atoms. The normalized spacial score (nSPS) is 42.2. The molecule has 0 aromatic heterocycles. The maximum atomic E-state index is 11.4. The van der Waals surface area contributed by atoms with Crippen LogP contribution in [-0.4, -0.2) is 60.7 Å². The third-order valence-corrected chi connectivity index (χ3v) is 9.89. The first kappa shape index (κ1) is 20.1. The van der Waals surface area contributed by atoms with Gasteiger partial charge in [-0.1, -0.05) is 12.1 Å². The average Bonchev–Trinajstić information content (AvgIpc) is 3.11. The van der Waals surface area contributed by atoms with Crippen molar-refractivity contribution in [3.63, 3.8) is 0 Å². The van der Waals surface area contributed by atoms with Crippen LogP contribution >= 0.6 is 0 Å². The largest absolute Gasteiger partial charge is 0.493 e. The van der Waals surface area contributed by atoms with E-state index in [1.807, 2.05) is 27.0 Å². The van der Waals surface area contributed by atoms with Crippen LogP contribution in [0.1, 0.15) is 50.7 Å². The molecule has 2 heterocycles. The highest BCUT2D eigenvalue weighted by Crippen LogP contribution is 2.77. The molecule has 168 valence electrons. The van der Waals surface area contributed by atoms with Crippen molar-refractivity contribution in [2.24, 2.45) is 11.3 Å². The molecule has 1 N–H and O–H groups in total. The van der Waals surface area contributed by atoms with Crippen molar-refractivity contribution in [1.82, 2.24) is 4.90 Å². The molecule has 4 fully saturated rings. The Hall–Kier alpha value is -1.56. The second-order valence-electron chi connectivity index (χ2n) is 11.1. The molecule has 6 aliphatic rings. The molecule has 1 aromatic rings. The average molecular weight is 426 g/mol. The first-order chi connectivity index (χ1) is 14.8. The number of benzene rings is 1. The Morgan fingerprint density at radius 3 is 2.77 bits per heavy atom. The Morgan fingerprint density at radius 1 is 1.29 bits per heavy atom.